The van der Waals surface area contributed by atoms with Gasteiger partial charge in [-0.25, -0.2) is 0 Å². The summed E-state index contributed by atoms with van der Waals surface area (Å²) in [6, 6.07) is 16.9. The minimum atomic E-state index is -0.861. The molecule has 1 fully saturated rings. The summed E-state index contributed by atoms with van der Waals surface area (Å²) in [5.74, 6) is -0.776. The van der Waals surface area contributed by atoms with Crippen LogP contribution in [0.1, 0.15) is 12.5 Å². The predicted molar refractivity (Wildman–Crippen MR) is 104 cm³/mol. The summed E-state index contributed by atoms with van der Waals surface area (Å²) in [5, 5.41) is 2.78. The first-order chi connectivity index (χ1) is 13.1. The number of benzene rings is 2. The van der Waals surface area contributed by atoms with Gasteiger partial charge in [0.15, 0.2) is 6.10 Å². The van der Waals surface area contributed by atoms with Gasteiger partial charge in [-0.3, -0.25) is 9.59 Å². The van der Waals surface area contributed by atoms with Gasteiger partial charge in [0.25, 0.3) is 5.91 Å². The van der Waals surface area contributed by atoms with E-state index in [0.717, 1.165) is 37.6 Å². The van der Waals surface area contributed by atoms with Crippen molar-refractivity contribution in [3.8, 4) is 0 Å². The SMILES string of the molecule is C[C@@H](OC(=O)Cc1ccccc1)C(=O)Nc1ccc(N2CCOCC2)cc1. The first kappa shape index (κ1) is 18.9. The Hall–Kier alpha value is -2.86. The highest BCUT2D eigenvalue weighted by Crippen LogP contribution is 2.19. The molecule has 0 radical (unpaired) electrons. The topological polar surface area (TPSA) is 67.9 Å². The molecule has 2 aromatic rings. The maximum atomic E-state index is 12.3. The Kier molecular flexibility index (Phi) is 6.44. The van der Waals surface area contributed by atoms with Gasteiger partial charge in [-0.1, -0.05) is 30.3 Å². The number of nitrogens with one attached hydrogen (secondary N) is 1. The Morgan fingerprint density at radius 1 is 1.07 bits per heavy atom. The van der Waals surface area contributed by atoms with Gasteiger partial charge in [0.2, 0.25) is 0 Å². The van der Waals surface area contributed by atoms with Crippen LogP contribution < -0.4 is 10.2 Å². The van der Waals surface area contributed by atoms with Gasteiger partial charge in [0, 0.05) is 24.5 Å². The lowest BCUT2D eigenvalue weighted by atomic mass is 10.1. The number of anilines is 2. The van der Waals surface area contributed by atoms with Crippen LogP contribution in [-0.2, 0) is 25.5 Å². The van der Waals surface area contributed by atoms with Crippen molar-refractivity contribution in [2.24, 2.45) is 0 Å². The number of carbonyl (C=O) groups is 2. The van der Waals surface area contributed by atoms with Gasteiger partial charge < -0.3 is 19.7 Å². The minimum absolute atomic E-state index is 0.146. The van der Waals surface area contributed by atoms with Crippen LogP contribution >= 0.6 is 0 Å². The van der Waals surface area contributed by atoms with Gasteiger partial charge in [0.1, 0.15) is 0 Å². The molecule has 1 atom stereocenters. The monoisotopic (exact) mass is 368 g/mol. The number of nitrogens with zero attached hydrogens (tertiary/aromatic N) is 1. The van der Waals surface area contributed by atoms with Crippen LogP contribution in [0.3, 0.4) is 0 Å². The van der Waals surface area contributed by atoms with E-state index in [-0.39, 0.29) is 12.3 Å². The Morgan fingerprint density at radius 2 is 1.74 bits per heavy atom. The van der Waals surface area contributed by atoms with E-state index in [1.54, 1.807) is 6.92 Å². The van der Waals surface area contributed by atoms with Crippen molar-refractivity contribution in [1.82, 2.24) is 0 Å². The highest BCUT2D eigenvalue weighted by atomic mass is 16.5. The molecule has 1 saturated heterocycles. The highest BCUT2D eigenvalue weighted by molar-refractivity contribution is 5.95. The van der Waals surface area contributed by atoms with Crippen LogP contribution in [0.25, 0.3) is 0 Å². The first-order valence-electron chi connectivity index (χ1n) is 9.09. The summed E-state index contributed by atoms with van der Waals surface area (Å²) in [7, 11) is 0. The average molecular weight is 368 g/mol. The van der Waals surface area contributed by atoms with E-state index < -0.39 is 12.1 Å². The maximum Gasteiger partial charge on any atom is 0.311 e. The number of morpholine rings is 1. The number of ether oxygens (including phenoxy) is 2. The molecule has 2 aromatic carbocycles. The lowest BCUT2D eigenvalue weighted by molar-refractivity contribution is -0.152. The van der Waals surface area contributed by atoms with Gasteiger partial charge in [-0.2, -0.15) is 0 Å². The fourth-order valence-electron chi connectivity index (χ4n) is 2.88. The zero-order valence-corrected chi connectivity index (χ0v) is 15.4. The smallest absolute Gasteiger partial charge is 0.311 e. The molecule has 0 aromatic heterocycles. The third-order valence-corrected chi connectivity index (χ3v) is 4.38. The molecule has 6 nitrogen and oxygen atoms in total. The minimum Gasteiger partial charge on any atom is -0.452 e. The van der Waals surface area contributed by atoms with E-state index in [4.69, 9.17) is 9.47 Å². The second-order valence-electron chi connectivity index (χ2n) is 6.43. The Bertz CT molecular complexity index is 756. The number of rotatable bonds is 6. The number of hydrogen-bond donors (Lipinski definition) is 1. The molecule has 142 valence electrons. The van der Waals surface area contributed by atoms with Crippen molar-refractivity contribution in [3.05, 3.63) is 60.2 Å². The molecule has 1 aliphatic rings. The fourth-order valence-corrected chi connectivity index (χ4v) is 2.88. The summed E-state index contributed by atoms with van der Waals surface area (Å²) >= 11 is 0. The molecule has 1 aliphatic heterocycles. The zero-order chi connectivity index (χ0) is 19.1. The molecule has 1 amide bonds. The molecule has 1 heterocycles. The van der Waals surface area contributed by atoms with E-state index in [1.165, 1.54) is 0 Å². The summed E-state index contributed by atoms with van der Waals surface area (Å²) in [5.41, 5.74) is 2.62. The van der Waals surface area contributed by atoms with E-state index in [2.05, 4.69) is 10.2 Å². The summed E-state index contributed by atoms with van der Waals surface area (Å²) in [6.07, 6.45) is -0.715. The molecule has 0 bridgehead atoms. The molecule has 27 heavy (non-hydrogen) atoms. The number of hydrogen-bond acceptors (Lipinski definition) is 5. The summed E-state index contributed by atoms with van der Waals surface area (Å²) < 4.78 is 10.6. The van der Waals surface area contributed by atoms with Gasteiger partial charge in [-0.05, 0) is 36.8 Å². The molecule has 0 aliphatic carbocycles. The van der Waals surface area contributed by atoms with Crippen LogP contribution in [0.5, 0.6) is 0 Å². The quantitative estimate of drug-likeness (QED) is 0.794. The highest BCUT2D eigenvalue weighted by Gasteiger charge is 2.18. The third kappa shape index (κ3) is 5.56. The molecule has 1 N–H and O–H groups in total. The second kappa shape index (κ2) is 9.19. The lowest BCUT2D eigenvalue weighted by Gasteiger charge is -2.28. The standard InChI is InChI=1S/C21H24N2O4/c1-16(27-20(24)15-17-5-3-2-4-6-17)21(25)22-18-7-9-19(10-8-18)23-11-13-26-14-12-23/h2-10,16H,11-15H2,1H3,(H,22,25)/t16-/m1/s1. The first-order valence-corrected chi connectivity index (χ1v) is 9.09. The molecule has 0 saturated carbocycles. The van der Waals surface area contributed by atoms with E-state index in [0.29, 0.717) is 5.69 Å². The van der Waals surface area contributed by atoms with E-state index in [1.807, 2.05) is 54.6 Å². The summed E-state index contributed by atoms with van der Waals surface area (Å²) in [4.78, 5) is 26.5. The number of carbonyl (C=O) groups excluding carboxylic acids is 2. The van der Waals surface area contributed by atoms with Crippen LogP contribution in [0, 0.1) is 0 Å². The van der Waals surface area contributed by atoms with Crippen molar-refractivity contribution in [3.63, 3.8) is 0 Å². The lowest BCUT2D eigenvalue weighted by Crippen LogP contribution is -2.36. The summed E-state index contributed by atoms with van der Waals surface area (Å²) in [6.45, 7) is 4.75. The normalized spacial score (nSPS) is 15.1. The van der Waals surface area contributed by atoms with E-state index >= 15 is 0 Å². The Labute approximate surface area is 159 Å². The van der Waals surface area contributed by atoms with Gasteiger partial charge >= 0.3 is 5.97 Å². The molecule has 3 rings (SSSR count). The van der Waals surface area contributed by atoms with Crippen LogP contribution in [0.15, 0.2) is 54.6 Å². The van der Waals surface area contributed by atoms with Gasteiger partial charge in [-0.15, -0.1) is 0 Å². The van der Waals surface area contributed by atoms with Crippen molar-refractivity contribution in [2.75, 3.05) is 36.5 Å². The van der Waals surface area contributed by atoms with Crippen molar-refractivity contribution in [1.29, 1.82) is 0 Å². The molecule has 6 heteroatoms. The maximum absolute atomic E-state index is 12.3. The third-order valence-electron chi connectivity index (χ3n) is 4.38. The Morgan fingerprint density at radius 3 is 2.41 bits per heavy atom. The zero-order valence-electron chi connectivity index (χ0n) is 15.4. The second-order valence-corrected chi connectivity index (χ2v) is 6.43. The van der Waals surface area contributed by atoms with Gasteiger partial charge in [0.05, 0.1) is 19.6 Å². The molecule has 0 unspecified atom stereocenters. The number of esters is 1. The van der Waals surface area contributed by atoms with Crippen molar-refractivity contribution < 1.29 is 19.1 Å². The van der Waals surface area contributed by atoms with Crippen molar-refractivity contribution >= 4 is 23.3 Å². The van der Waals surface area contributed by atoms with E-state index in [9.17, 15) is 9.59 Å². The number of amides is 1. The van der Waals surface area contributed by atoms with Crippen molar-refractivity contribution in [2.45, 2.75) is 19.4 Å². The molecule has 0 spiro atoms. The Balaban J connectivity index is 1.49. The molecular formula is C21H24N2O4. The average Bonchev–Trinajstić information content (AvgIpc) is 2.70. The fraction of sp³-hybridized carbons (Fsp3) is 0.333. The predicted octanol–water partition coefficient (Wildman–Crippen LogP) is 2.64. The molecular weight excluding hydrogens is 344 g/mol. The van der Waals surface area contributed by atoms with Crippen LogP contribution in [0.4, 0.5) is 11.4 Å². The van der Waals surface area contributed by atoms with Crippen LogP contribution in [-0.4, -0.2) is 44.3 Å². The van der Waals surface area contributed by atoms with Crippen LogP contribution in [0.2, 0.25) is 0 Å². The largest absolute Gasteiger partial charge is 0.452 e.